The number of hydrogen-bond donors (Lipinski definition) is 2. The molecule has 22 heavy (non-hydrogen) atoms. The molecule has 2 aromatic carbocycles. The van der Waals surface area contributed by atoms with E-state index in [9.17, 15) is 18.3 Å². The molecule has 0 radical (unpaired) electrons. The predicted molar refractivity (Wildman–Crippen MR) is 79.5 cm³/mol. The highest BCUT2D eigenvalue weighted by Gasteiger charge is 2.31. The molecule has 3 N–H and O–H groups in total. The van der Waals surface area contributed by atoms with E-state index >= 15 is 0 Å². The van der Waals surface area contributed by atoms with E-state index in [-0.39, 0.29) is 28.9 Å². The van der Waals surface area contributed by atoms with Gasteiger partial charge in [0, 0.05) is 0 Å². The van der Waals surface area contributed by atoms with E-state index in [0.29, 0.717) is 11.1 Å². The molecule has 0 amide bonds. The normalized spacial score (nSPS) is 12.4. The summed E-state index contributed by atoms with van der Waals surface area (Å²) < 4.78 is 40.0. The topological polar surface area (TPSA) is 55.5 Å². The fraction of sp³-hybridized carbons (Fsp3) is 0.143. The molecule has 0 spiro atoms. The molecular formula is C14H12Cl2F3NO2. The Kier molecular flexibility index (Phi) is 5.93. The van der Waals surface area contributed by atoms with Crippen LogP contribution >= 0.6 is 24.0 Å². The van der Waals surface area contributed by atoms with Crippen LogP contribution in [0.25, 0.3) is 0 Å². The molecule has 2 aromatic rings. The highest BCUT2D eigenvalue weighted by atomic mass is 35.5. The predicted octanol–water partition coefficient (Wildman–Crippen LogP) is 4.41. The lowest BCUT2D eigenvalue weighted by atomic mass is 9.99. The van der Waals surface area contributed by atoms with Crippen LogP contribution in [0.5, 0.6) is 11.5 Å². The summed E-state index contributed by atoms with van der Waals surface area (Å²) in [5, 5.41) is 9.50. The Bertz CT molecular complexity index is 633. The second-order valence-electron chi connectivity index (χ2n) is 4.31. The largest absolute Gasteiger partial charge is 0.573 e. The Labute approximate surface area is 135 Å². The fourth-order valence-electron chi connectivity index (χ4n) is 1.79. The standard InChI is InChI=1S/C14H11ClF3NO2.ClH/c15-11-7-9(3-6-12(11)20)13(19)8-1-4-10(5-2-8)21-14(16,17)18;/h1-7,13,20H,19H2;1H/t13-;/m0./s1. The molecule has 120 valence electrons. The fourth-order valence-corrected chi connectivity index (χ4v) is 1.97. The number of ether oxygens (including phenoxy) is 1. The molecule has 8 heteroatoms. The van der Waals surface area contributed by atoms with Crippen LogP contribution in [0.1, 0.15) is 17.2 Å². The Morgan fingerprint density at radius 3 is 2.09 bits per heavy atom. The maximum absolute atomic E-state index is 12.1. The second kappa shape index (κ2) is 7.09. The molecule has 0 bridgehead atoms. The zero-order chi connectivity index (χ0) is 15.6. The highest BCUT2D eigenvalue weighted by Crippen LogP contribution is 2.30. The highest BCUT2D eigenvalue weighted by molar-refractivity contribution is 6.32. The minimum absolute atomic E-state index is 0. The number of phenols is 1. The number of hydrogen-bond acceptors (Lipinski definition) is 3. The van der Waals surface area contributed by atoms with Crippen LogP contribution < -0.4 is 10.5 Å². The van der Waals surface area contributed by atoms with Gasteiger partial charge in [-0.05, 0) is 35.4 Å². The maximum atomic E-state index is 12.1. The summed E-state index contributed by atoms with van der Waals surface area (Å²) in [6, 6.07) is 9.16. The van der Waals surface area contributed by atoms with E-state index in [1.807, 2.05) is 0 Å². The van der Waals surface area contributed by atoms with Gasteiger partial charge in [-0.25, -0.2) is 0 Å². The molecule has 3 nitrogen and oxygen atoms in total. The van der Waals surface area contributed by atoms with Gasteiger partial charge >= 0.3 is 6.36 Å². The Hall–Kier alpha value is -1.63. The molecule has 0 unspecified atom stereocenters. The van der Waals surface area contributed by atoms with Crippen LogP contribution in [0.3, 0.4) is 0 Å². The van der Waals surface area contributed by atoms with Crippen LogP contribution in [-0.2, 0) is 0 Å². The molecule has 0 saturated carbocycles. The first-order valence-electron chi connectivity index (χ1n) is 5.86. The van der Waals surface area contributed by atoms with Gasteiger partial charge in [0.1, 0.15) is 11.5 Å². The summed E-state index contributed by atoms with van der Waals surface area (Å²) in [5.74, 6) is -0.385. The Morgan fingerprint density at radius 1 is 1.05 bits per heavy atom. The molecule has 0 aliphatic rings. The van der Waals surface area contributed by atoms with Gasteiger partial charge in [0.15, 0.2) is 0 Å². The van der Waals surface area contributed by atoms with Crippen molar-refractivity contribution in [3.05, 3.63) is 58.6 Å². The first kappa shape index (κ1) is 18.4. The van der Waals surface area contributed by atoms with Gasteiger partial charge in [-0.3, -0.25) is 0 Å². The molecule has 0 aliphatic carbocycles. The lowest BCUT2D eigenvalue weighted by Gasteiger charge is -2.14. The molecule has 0 aromatic heterocycles. The lowest BCUT2D eigenvalue weighted by molar-refractivity contribution is -0.274. The summed E-state index contributed by atoms with van der Waals surface area (Å²) in [6.07, 6.45) is -4.73. The number of alkyl halides is 3. The number of halogens is 5. The zero-order valence-electron chi connectivity index (χ0n) is 11.0. The monoisotopic (exact) mass is 353 g/mol. The van der Waals surface area contributed by atoms with E-state index < -0.39 is 12.4 Å². The molecular weight excluding hydrogens is 342 g/mol. The lowest BCUT2D eigenvalue weighted by Crippen LogP contribution is -2.17. The number of nitrogens with two attached hydrogens (primary N) is 1. The number of rotatable bonds is 3. The van der Waals surface area contributed by atoms with Crippen molar-refractivity contribution in [2.45, 2.75) is 12.4 Å². The molecule has 0 aliphatic heterocycles. The van der Waals surface area contributed by atoms with Crippen LogP contribution in [0.2, 0.25) is 5.02 Å². The number of aromatic hydroxyl groups is 1. The molecule has 2 rings (SSSR count). The third kappa shape index (κ3) is 4.69. The van der Waals surface area contributed by atoms with Crippen molar-refractivity contribution >= 4 is 24.0 Å². The SMILES string of the molecule is Cl.N[C@@H](c1ccc(OC(F)(F)F)cc1)c1ccc(O)c(Cl)c1. The van der Waals surface area contributed by atoms with Crippen molar-refractivity contribution < 1.29 is 23.0 Å². The van der Waals surface area contributed by atoms with Crippen LogP contribution in [0, 0.1) is 0 Å². The summed E-state index contributed by atoms with van der Waals surface area (Å²) >= 11 is 5.79. The summed E-state index contributed by atoms with van der Waals surface area (Å²) in [7, 11) is 0. The average molecular weight is 354 g/mol. The third-order valence-electron chi connectivity index (χ3n) is 2.80. The van der Waals surface area contributed by atoms with Gasteiger partial charge in [0.25, 0.3) is 0 Å². The van der Waals surface area contributed by atoms with Crippen molar-refractivity contribution in [2.24, 2.45) is 5.73 Å². The van der Waals surface area contributed by atoms with Gasteiger partial charge < -0.3 is 15.6 Å². The Balaban J connectivity index is 0.00000242. The summed E-state index contributed by atoms with van der Waals surface area (Å²) in [6.45, 7) is 0. The summed E-state index contributed by atoms with van der Waals surface area (Å²) in [5.41, 5.74) is 7.23. The van der Waals surface area contributed by atoms with Crippen molar-refractivity contribution in [3.8, 4) is 11.5 Å². The zero-order valence-corrected chi connectivity index (χ0v) is 12.5. The first-order valence-corrected chi connectivity index (χ1v) is 6.24. The van der Waals surface area contributed by atoms with Crippen molar-refractivity contribution in [1.29, 1.82) is 0 Å². The minimum atomic E-state index is -4.73. The van der Waals surface area contributed by atoms with Gasteiger partial charge in [-0.1, -0.05) is 29.8 Å². The van der Waals surface area contributed by atoms with Gasteiger partial charge in [-0.15, -0.1) is 25.6 Å². The van der Waals surface area contributed by atoms with E-state index in [4.69, 9.17) is 17.3 Å². The van der Waals surface area contributed by atoms with E-state index in [0.717, 1.165) is 0 Å². The van der Waals surface area contributed by atoms with Crippen LogP contribution in [-0.4, -0.2) is 11.5 Å². The van der Waals surface area contributed by atoms with Gasteiger partial charge in [0.05, 0.1) is 11.1 Å². The van der Waals surface area contributed by atoms with Crippen molar-refractivity contribution in [1.82, 2.24) is 0 Å². The molecule has 0 fully saturated rings. The smallest absolute Gasteiger partial charge is 0.506 e. The van der Waals surface area contributed by atoms with Gasteiger partial charge in [0.2, 0.25) is 0 Å². The second-order valence-corrected chi connectivity index (χ2v) is 4.71. The summed E-state index contributed by atoms with van der Waals surface area (Å²) in [4.78, 5) is 0. The van der Waals surface area contributed by atoms with Gasteiger partial charge in [-0.2, -0.15) is 0 Å². The van der Waals surface area contributed by atoms with Crippen LogP contribution in [0.4, 0.5) is 13.2 Å². The van der Waals surface area contributed by atoms with Crippen molar-refractivity contribution in [3.63, 3.8) is 0 Å². The van der Waals surface area contributed by atoms with E-state index in [1.165, 1.54) is 36.4 Å². The first-order chi connectivity index (χ1) is 9.76. The minimum Gasteiger partial charge on any atom is -0.506 e. The Morgan fingerprint density at radius 2 is 1.59 bits per heavy atom. The number of benzene rings is 2. The van der Waals surface area contributed by atoms with E-state index in [1.54, 1.807) is 6.07 Å². The molecule has 0 saturated heterocycles. The average Bonchev–Trinajstić information content (AvgIpc) is 2.40. The van der Waals surface area contributed by atoms with Crippen molar-refractivity contribution in [2.75, 3.05) is 0 Å². The van der Waals surface area contributed by atoms with E-state index in [2.05, 4.69) is 4.74 Å². The number of phenolic OH excluding ortho intramolecular Hbond substituents is 1. The van der Waals surface area contributed by atoms with Crippen LogP contribution in [0.15, 0.2) is 42.5 Å². The maximum Gasteiger partial charge on any atom is 0.573 e. The third-order valence-corrected chi connectivity index (χ3v) is 3.11. The molecule has 1 atom stereocenters. The molecule has 0 heterocycles. The quantitative estimate of drug-likeness (QED) is 0.858.